The molecule has 0 amide bonds. The Bertz CT molecular complexity index is 1280. The lowest BCUT2D eigenvalue weighted by Gasteiger charge is -2.41. The highest BCUT2D eigenvalue weighted by molar-refractivity contribution is 5.67. The van der Waals surface area contributed by atoms with Crippen LogP contribution in [0.2, 0.25) is 0 Å². The maximum absolute atomic E-state index is 12.4. The predicted octanol–water partition coefficient (Wildman–Crippen LogP) is 7.12. The Labute approximate surface area is 219 Å². The highest BCUT2D eigenvalue weighted by Gasteiger charge is 2.42. The summed E-state index contributed by atoms with van der Waals surface area (Å²) >= 11 is 0. The summed E-state index contributed by atoms with van der Waals surface area (Å²) in [6.07, 6.45) is 7.32. The summed E-state index contributed by atoms with van der Waals surface area (Å²) in [6, 6.07) is 22.6. The van der Waals surface area contributed by atoms with Gasteiger partial charge >= 0.3 is 6.16 Å². The van der Waals surface area contributed by atoms with Crippen molar-refractivity contribution in [2.45, 2.75) is 50.5 Å². The fourth-order valence-electron chi connectivity index (χ4n) is 4.59. The Hall–Kier alpha value is -3.83. The van der Waals surface area contributed by atoms with Crippen LogP contribution in [-0.2, 0) is 10.8 Å². The van der Waals surface area contributed by atoms with Gasteiger partial charge in [0.2, 0.25) is 0 Å². The number of carbonyl (C=O) groups excluding carboxylic acids is 1. The number of carbonyl (C=O) groups is 1. The van der Waals surface area contributed by atoms with E-state index < -0.39 is 17.2 Å². The second-order valence-corrected chi connectivity index (χ2v) is 10.4. The smallest absolute Gasteiger partial charge is 0.497 e. The molecule has 1 atom stereocenters. The van der Waals surface area contributed by atoms with E-state index in [1.54, 1.807) is 31.4 Å². The van der Waals surface area contributed by atoms with Gasteiger partial charge in [-0.3, -0.25) is 0 Å². The summed E-state index contributed by atoms with van der Waals surface area (Å²) in [6.45, 7) is 8.29. The van der Waals surface area contributed by atoms with Crippen LogP contribution in [-0.4, -0.2) is 24.0 Å². The van der Waals surface area contributed by atoms with Crippen LogP contribution in [0, 0.1) is 0 Å². The highest BCUT2D eigenvalue weighted by Crippen LogP contribution is 2.40. The van der Waals surface area contributed by atoms with E-state index in [1.165, 1.54) is 0 Å². The first-order valence-electron chi connectivity index (χ1n) is 12.4. The number of benzene rings is 3. The molecule has 1 unspecified atom stereocenters. The summed E-state index contributed by atoms with van der Waals surface area (Å²) in [5.74, 6) is 1.58. The van der Waals surface area contributed by atoms with Gasteiger partial charge in [0.15, 0.2) is 0 Å². The van der Waals surface area contributed by atoms with E-state index in [9.17, 15) is 9.90 Å². The summed E-state index contributed by atoms with van der Waals surface area (Å²) in [4.78, 5) is 12.4. The van der Waals surface area contributed by atoms with E-state index in [-0.39, 0.29) is 5.41 Å². The van der Waals surface area contributed by atoms with Crippen LogP contribution in [0.15, 0.2) is 97.1 Å². The van der Waals surface area contributed by atoms with E-state index in [2.05, 4.69) is 26.0 Å². The normalized spacial score (nSPS) is 17.4. The number of rotatable bonds is 7. The second kappa shape index (κ2) is 10.3. The van der Waals surface area contributed by atoms with Crippen LogP contribution in [0.5, 0.6) is 17.2 Å². The van der Waals surface area contributed by atoms with Crippen molar-refractivity contribution < 1.29 is 24.1 Å². The number of allylic oxidation sites excluding steroid dienone is 2. The van der Waals surface area contributed by atoms with Crippen LogP contribution >= 0.6 is 0 Å². The average Bonchev–Trinajstić information content (AvgIpc) is 2.89. The van der Waals surface area contributed by atoms with Gasteiger partial charge in [-0.25, -0.2) is 4.79 Å². The molecule has 3 aromatic carbocycles. The molecule has 0 fully saturated rings. The van der Waals surface area contributed by atoms with E-state index in [0.29, 0.717) is 17.9 Å². The van der Waals surface area contributed by atoms with Gasteiger partial charge in [-0.2, -0.15) is 0 Å². The first-order chi connectivity index (χ1) is 17.5. The lowest BCUT2D eigenvalue weighted by atomic mass is 9.67. The molecule has 0 bridgehead atoms. The zero-order valence-corrected chi connectivity index (χ0v) is 22.0. The topological polar surface area (TPSA) is 65.0 Å². The molecule has 1 aliphatic carbocycles. The largest absolute Gasteiger partial charge is 0.519 e. The zero-order valence-electron chi connectivity index (χ0n) is 22.0. The molecule has 0 saturated heterocycles. The Kier molecular flexibility index (Phi) is 7.28. The third-order valence-corrected chi connectivity index (χ3v) is 7.50. The molecule has 0 saturated carbocycles. The van der Waals surface area contributed by atoms with Crippen LogP contribution in [0.3, 0.4) is 0 Å². The Balaban J connectivity index is 1.38. The summed E-state index contributed by atoms with van der Waals surface area (Å²) in [5, 5.41) is 11.1. The highest BCUT2D eigenvalue weighted by atomic mass is 16.7. The van der Waals surface area contributed by atoms with Crippen molar-refractivity contribution >= 4 is 6.16 Å². The monoisotopic (exact) mass is 498 g/mol. The van der Waals surface area contributed by atoms with Crippen LogP contribution in [0.1, 0.15) is 50.8 Å². The minimum absolute atomic E-state index is 0.238. The van der Waals surface area contributed by atoms with Gasteiger partial charge in [-0.05, 0) is 59.5 Å². The van der Waals surface area contributed by atoms with Crippen molar-refractivity contribution in [3.63, 3.8) is 0 Å². The molecule has 4 rings (SSSR count). The molecule has 0 heterocycles. The predicted molar refractivity (Wildman–Crippen MR) is 146 cm³/mol. The molecule has 0 radical (unpaired) electrons. The van der Waals surface area contributed by atoms with Crippen LogP contribution in [0.4, 0.5) is 4.79 Å². The lowest BCUT2D eigenvalue weighted by molar-refractivity contribution is 0.0219. The van der Waals surface area contributed by atoms with Crippen LogP contribution < -0.4 is 14.2 Å². The maximum atomic E-state index is 12.4. The molecule has 3 aromatic rings. The molecule has 0 spiro atoms. The van der Waals surface area contributed by atoms with Gasteiger partial charge < -0.3 is 19.3 Å². The molecule has 5 heteroatoms. The minimum atomic E-state index is -0.989. The van der Waals surface area contributed by atoms with Crippen molar-refractivity contribution in [1.29, 1.82) is 0 Å². The number of hydrogen-bond acceptors (Lipinski definition) is 5. The molecule has 1 N–H and O–H groups in total. The fraction of sp³-hybridized carbons (Fsp3) is 0.281. The van der Waals surface area contributed by atoms with Gasteiger partial charge in [0.25, 0.3) is 0 Å². The third-order valence-electron chi connectivity index (χ3n) is 7.50. The lowest BCUT2D eigenvalue weighted by Crippen LogP contribution is -2.46. The van der Waals surface area contributed by atoms with E-state index in [0.717, 1.165) is 22.4 Å². The number of aliphatic hydroxyl groups is 1. The van der Waals surface area contributed by atoms with Crippen molar-refractivity contribution in [1.82, 2.24) is 0 Å². The number of hydrogen-bond donors (Lipinski definition) is 1. The first-order valence-corrected chi connectivity index (χ1v) is 12.4. The quantitative estimate of drug-likeness (QED) is 0.277. The van der Waals surface area contributed by atoms with E-state index in [4.69, 9.17) is 14.2 Å². The van der Waals surface area contributed by atoms with Crippen molar-refractivity contribution in [3.05, 3.63) is 114 Å². The Morgan fingerprint density at radius 2 is 1.19 bits per heavy atom. The molecule has 1 aliphatic rings. The molecular weight excluding hydrogens is 464 g/mol. The zero-order chi connectivity index (χ0) is 26.7. The minimum Gasteiger partial charge on any atom is -0.497 e. The van der Waals surface area contributed by atoms with Gasteiger partial charge in [-0.1, -0.05) is 88.4 Å². The van der Waals surface area contributed by atoms with E-state index in [1.807, 2.05) is 74.5 Å². The fourth-order valence-corrected chi connectivity index (χ4v) is 4.59. The summed E-state index contributed by atoms with van der Waals surface area (Å²) < 4.78 is 16.0. The third kappa shape index (κ3) is 5.47. The van der Waals surface area contributed by atoms with E-state index >= 15 is 0 Å². The van der Waals surface area contributed by atoms with Gasteiger partial charge in [0, 0.05) is 10.8 Å². The number of ether oxygens (including phenoxy) is 3. The van der Waals surface area contributed by atoms with Crippen LogP contribution in [0.25, 0.3) is 0 Å². The summed E-state index contributed by atoms with van der Waals surface area (Å²) in [7, 11) is 1.65. The standard InChI is InChI=1S/C32H34O5/c1-30(2,23-9-15-26(35-5)16-10-23)24-11-17-27(18-12-24)36-29(33)37-28-19-13-25(14-20-28)31(3,4)32(34)21-7-6-8-22-32/h6-21,34H,22H2,1-5H3. The first kappa shape index (κ1) is 26.2. The van der Waals surface area contributed by atoms with Gasteiger partial charge in [0.05, 0.1) is 12.7 Å². The van der Waals surface area contributed by atoms with Crippen molar-refractivity contribution in [2.75, 3.05) is 7.11 Å². The molecule has 192 valence electrons. The molecule has 0 aromatic heterocycles. The SMILES string of the molecule is COc1ccc(C(C)(C)c2ccc(OC(=O)Oc3ccc(C(C)(C)C4(O)C=CC=CC4)cc3)cc2)cc1. The van der Waals surface area contributed by atoms with Gasteiger partial charge in [0.1, 0.15) is 17.2 Å². The molecule has 37 heavy (non-hydrogen) atoms. The molecule has 0 aliphatic heterocycles. The average molecular weight is 499 g/mol. The van der Waals surface area contributed by atoms with Gasteiger partial charge in [-0.15, -0.1) is 0 Å². The molecule has 5 nitrogen and oxygen atoms in total. The summed E-state index contributed by atoms with van der Waals surface area (Å²) in [5.41, 5.74) is 1.41. The Morgan fingerprint density at radius 3 is 1.62 bits per heavy atom. The molecular formula is C32H34O5. The maximum Gasteiger partial charge on any atom is 0.519 e. The second-order valence-electron chi connectivity index (χ2n) is 10.4. The Morgan fingerprint density at radius 1 is 0.730 bits per heavy atom. The number of methoxy groups -OCH3 is 1. The van der Waals surface area contributed by atoms with Crippen molar-refractivity contribution in [3.8, 4) is 17.2 Å². The van der Waals surface area contributed by atoms with Crippen molar-refractivity contribution in [2.24, 2.45) is 0 Å².